The molecule has 0 spiro atoms. The Morgan fingerprint density at radius 3 is 2.24 bits per heavy atom. The van der Waals surface area contributed by atoms with Gasteiger partial charge in [0.15, 0.2) is 0 Å². The van der Waals surface area contributed by atoms with Gasteiger partial charge in [-0.15, -0.1) is 0 Å². The molecule has 2 aromatic rings. The fourth-order valence-electron chi connectivity index (χ4n) is 2.41. The average Bonchev–Trinajstić information content (AvgIpc) is 2.52. The van der Waals surface area contributed by atoms with E-state index < -0.39 is 10.0 Å². The van der Waals surface area contributed by atoms with Crippen molar-refractivity contribution in [1.29, 1.82) is 0 Å². The first-order chi connectivity index (χ1) is 11.7. The maximum absolute atomic E-state index is 12.1. The van der Waals surface area contributed by atoms with E-state index in [2.05, 4.69) is 10.6 Å². The molecular weight excluding hydrogens is 338 g/mol. The summed E-state index contributed by atoms with van der Waals surface area (Å²) >= 11 is 0. The molecular formula is C18H23N3O3S. The number of amides is 1. The topological polar surface area (TPSA) is 78.5 Å². The second-order valence-corrected chi connectivity index (χ2v) is 8.25. The Morgan fingerprint density at radius 2 is 1.64 bits per heavy atom. The standard InChI is InChI=1S/C18H23N3O3S/c1-13-8-14(2)10-16(9-13)20-18(22)12-19-15-6-5-7-17(11-15)25(23,24)21(3)4/h5-11,19H,12H2,1-4H3,(H,20,22). The van der Waals surface area contributed by atoms with Crippen LogP contribution in [0.25, 0.3) is 0 Å². The summed E-state index contributed by atoms with van der Waals surface area (Å²) in [5, 5.41) is 5.78. The lowest BCUT2D eigenvalue weighted by molar-refractivity contribution is -0.114. The Bertz CT molecular complexity index is 857. The van der Waals surface area contributed by atoms with Gasteiger partial charge >= 0.3 is 0 Å². The molecule has 0 unspecified atom stereocenters. The van der Waals surface area contributed by atoms with E-state index in [1.54, 1.807) is 12.1 Å². The lowest BCUT2D eigenvalue weighted by atomic mass is 10.1. The van der Waals surface area contributed by atoms with E-state index in [0.717, 1.165) is 21.1 Å². The number of hydrogen-bond donors (Lipinski definition) is 2. The highest BCUT2D eigenvalue weighted by atomic mass is 32.2. The Balaban J connectivity index is 2.03. The number of carbonyl (C=O) groups is 1. The predicted octanol–water partition coefficient (Wildman–Crippen LogP) is 2.60. The minimum atomic E-state index is -3.50. The molecule has 1 amide bonds. The summed E-state index contributed by atoms with van der Waals surface area (Å²) in [5.41, 5.74) is 3.46. The molecule has 0 saturated carbocycles. The van der Waals surface area contributed by atoms with Crippen molar-refractivity contribution in [3.8, 4) is 0 Å². The number of hydrogen-bond acceptors (Lipinski definition) is 4. The van der Waals surface area contributed by atoms with Crippen molar-refractivity contribution >= 4 is 27.3 Å². The number of sulfonamides is 1. The third kappa shape index (κ3) is 5.04. The van der Waals surface area contributed by atoms with Gasteiger partial charge in [-0.25, -0.2) is 12.7 Å². The average molecular weight is 361 g/mol. The van der Waals surface area contributed by atoms with Crippen LogP contribution in [-0.4, -0.2) is 39.3 Å². The molecule has 0 bridgehead atoms. The molecule has 0 heterocycles. The quantitative estimate of drug-likeness (QED) is 0.829. The molecule has 0 aromatic heterocycles. The minimum absolute atomic E-state index is 0.0401. The van der Waals surface area contributed by atoms with Crippen molar-refractivity contribution in [2.75, 3.05) is 31.3 Å². The van der Waals surface area contributed by atoms with E-state index in [9.17, 15) is 13.2 Å². The molecule has 2 rings (SSSR count). The van der Waals surface area contributed by atoms with Gasteiger partial charge in [-0.05, 0) is 55.3 Å². The molecule has 0 atom stereocenters. The summed E-state index contributed by atoms with van der Waals surface area (Å²) in [6, 6.07) is 12.2. The SMILES string of the molecule is Cc1cc(C)cc(NC(=O)CNc2cccc(S(=O)(=O)N(C)C)c2)c1. The fourth-order valence-corrected chi connectivity index (χ4v) is 3.36. The summed E-state index contributed by atoms with van der Waals surface area (Å²) in [5.74, 6) is -0.203. The van der Waals surface area contributed by atoms with Crippen molar-refractivity contribution in [2.45, 2.75) is 18.7 Å². The highest BCUT2D eigenvalue weighted by Crippen LogP contribution is 2.18. The van der Waals surface area contributed by atoms with Crippen LogP contribution in [0.4, 0.5) is 11.4 Å². The van der Waals surface area contributed by atoms with E-state index in [1.807, 2.05) is 32.0 Å². The first kappa shape index (κ1) is 19.0. The number of nitrogens with one attached hydrogen (secondary N) is 2. The normalized spacial score (nSPS) is 11.4. The highest BCUT2D eigenvalue weighted by molar-refractivity contribution is 7.89. The van der Waals surface area contributed by atoms with Crippen molar-refractivity contribution < 1.29 is 13.2 Å². The van der Waals surface area contributed by atoms with Gasteiger partial charge in [-0.3, -0.25) is 4.79 Å². The van der Waals surface area contributed by atoms with Gasteiger partial charge < -0.3 is 10.6 Å². The molecule has 134 valence electrons. The Morgan fingerprint density at radius 1 is 1.00 bits per heavy atom. The molecule has 0 aliphatic heterocycles. The number of rotatable bonds is 6. The van der Waals surface area contributed by atoms with Crippen molar-refractivity contribution in [1.82, 2.24) is 4.31 Å². The smallest absolute Gasteiger partial charge is 0.243 e. The van der Waals surface area contributed by atoms with E-state index in [-0.39, 0.29) is 17.3 Å². The van der Waals surface area contributed by atoms with E-state index in [4.69, 9.17) is 0 Å². The molecule has 0 saturated heterocycles. The number of benzene rings is 2. The van der Waals surface area contributed by atoms with Gasteiger partial charge in [-0.2, -0.15) is 0 Å². The van der Waals surface area contributed by atoms with Crippen LogP contribution in [0, 0.1) is 13.8 Å². The lowest BCUT2D eigenvalue weighted by Crippen LogP contribution is -2.23. The Labute approximate surface area is 148 Å². The number of nitrogens with zero attached hydrogens (tertiary/aromatic N) is 1. The molecule has 0 fully saturated rings. The monoisotopic (exact) mass is 361 g/mol. The summed E-state index contributed by atoms with van der Waals surface area (Å²) < 4.78 is 25.4. The molecule has 0 aliphatic carbocycles. The van der Waals surface area contributed by atoms with E-state index >= 15 is 0 Å². The van der Waals surface area contributed by atoms with Crippen LogP contribution < -0.4 is 10.6 Å². The second-order valence-electron chi connectivity index (χ2n) is 6.09. The van der Waals surface area contributed by atoms with Gasteiger partial charge in [0.2, 0.25) is 15.9 Å². The molecule has 25 heavy (non-hydrogen) atoms. The van der Waals surface area contributed by atoms with Crippen LogP contribution in [0.15, 0.2) is 47.4 Å². The zero-order valence-corrected chi connectivity index (χ0v) is 15.6. The summed E-state index contributed by atoms with van der Waals surface area (Å²) in [7, 11) is -0.545. The zero-order valence-electron chi connectivity index (χ0n) is 14.8. The van der Waals surface area contributed by atoms with Crippen LogP contribution in [0.1, 0.15) is 11.1 Å². The van der Waals surface area contributed by atoms with Gasteiger partial charge in [0.25, 0.3) is 0 Å². The zero-order chi connectivity index (χ0) is 18.6. The molecule has 2 aromatic carbocycles. The predicted molar refractivity (Wildman–Crippen MR) is 100 cm³/mol. The largest absolute Gasteiger partial charge is 0.376 e. The molecule has 0 aliphatic rings. The van der Waals surface area contributed by atoms with Gasteiger partial charge in [0.05, 0.1) is 11.4 Å². The Kier molecular flexibility index (Phi) is 5.81. The lowest BCUT2D eigenvalue weighted by Gasteiger charge is -2.13. The van der Waals surface area contributed by atoms with Crippen molar-refractivity contribution in [2.24, 2.45) is 0 Å². The van der Waals surface area contributed by atoms with Crippen LogP contribution in [0.2, 0.25) is 0 Å². The maximum Gasteiger partial charge on any atom is 0.243 e. The first-order valence-electron chi connectivity index (χ1n) is 7.83. The summed E-state index contributed by atoms with van der Waals surface area (Å²) in [6.45, 7) is 3.98. The number of anilines is 2. The molecule has 2 N–H and O–H groups in total. The van der Waals surface area contributed by atoms with E-state index in [1.165, 1.54) is 26.2 Å². The van der Waals surface area contributed by atoms with Crippen LogP contribution in [-0.2, 0) is 14.8 Å². The minimum Gasteiger partial charge on any atom is -0.376 e. The number of aryl methyl sites for hydroxylation is 2. The van der Waals surface area contributed by atoms with Gasteiger partial charge in [-0.1, -0.05) is 12.1 Å². The van der Waals surface area contributed by atoms with E-state index in [0.29, 0.717) is 5.69 Å². The van der Waals surface area contributed by atoms with Crippen molar-refractivity contribution in [3.05, 3.63) is 53.6 Å². The van der Waals surface area contributed by atoms with Crippen LogP contribution in [0.5, 0.6) is 0 Å². The third-order valence-corrected chi connectivity index (χ3v) is 5.38. The summed E-state index contributed by atoms with van der Waals surface area (Å²) in [6.07, 6.45) is 0. The highest BCUT2D eigenvalue weighted by Gasteiger charge is 2.17. The number of carbonyl (C=O) groups excluding carboxylic acids is 1. The second kappa shape index (κ2) is 7.67. The van der Waals surface area contributed by atoms with Crippen molar-refractivity contribution in [3.63, 3.8) is 0 Å². The van der Waals surface area contributed by atoms with Gasteiger partial charge in [0.1, 0.15) is 0 Å². The van der Waals surface area contributed by atoms with Crippen LogP contribution in [0.3, 0.4) is 0 Å². The first-order valence-corrected chi connectivity index (χ1v) is 9.27. The maximum atomic E-state index is 12.1. The molecule has 7 heteroatoms. The van der Waals surface area contributed by atoms with Crippen LogP contribution >= 0.6 is 0 Å². The third-order valence-electron chi connectivity index (χ3n) is 3.57. The summed E-state index contributed by atoms with van der Waals surface area (Å²) in [4.78, 5) is 12.3. The van der Waals surface area contributed by atoms with Gasteiger partial charge in [0, 0.05) is 25.5 Å². The Hall–Kier alpha value is -2.38. The molecule has 6 nitrogen and oxygen atoms in total. The molecule has 0 radical (unpaired) electrons. The fraction of sp³-hybridized carbons (Fsp3) is 0.278.